The van der Waals surface area contributed by atoms with Gasteiger partial charge in [0.05, 0.1) is 6.10 Å². The smallest absolute Gasteiger partial charge is 0.123 e. The molecule has 1 aliphatic rings. The lowest BCUT2D eigenvalue weighted by Gasteiger charge is -2.24. The average molecular weight is 303 g/mol. The molecular weight excluding hydrogens is 281 g/mol. The summed E-state index contributed by atoms with van der Waals surface area (Å²) >= 11 is 0. The molecule has 0 aliphatic carbocycles. The van der Waals surface area contributed by atoms with Gasteiger partial charge in [-0.15, -0.1) is 0 Å². The molecule has 0 saturated carbocycles. The van der Waals surface area contributed by atoms with Crippen LogP contribution in [0.15, 0.2) is 36.5 Å². The van der Waals surface area contributed by atoms with Crippen molar-refractivity contribution in [1.82, 2.24) is 14.7 Å². The highest BCUT2D eigenvalue weighted by molar-refractivity contribution is 5.21. The summed E-state index contributed by atoms with van der Waals surface area (Å²) in [5.41, 5.74) is 2.28. The van der Waals surface area contributed by atoms with Crippen molar-refractivity contribution in [3.05, 3.63) is 53.6 Å². The number of benzene rings is 1. The maximum Gasteiger partial charge on any atom is 0.123 e. The average Bonchev–Trinajstić information content (AvgIpc) is 3.11. The summed E-state index contributed by atoms with van der Waals surface area (Å²) in [6, 6.07) is 8.83. The van der Waals surface area contributed by atoms with Gasteiger partial charge in [-0.25, -0.2) is 4.39 Å². The Morgan fingerprint density at radius 1 is 1.27 bits per heavy atom. The maximum absolute atomic E-state index is 13.1. The molecule has 1 aliphatic heterocycles. The summed E-state index contributed by atoms with van der Waals surface area (Å²) in [4.78, 5) is 2.28. The van der Waals surface area contributed by atoms with Gasteiger partial charge in [-0.1, -0.05) is 12.1 Å². The fourth-order valence-corrected chi connectivity index (χ4v) is 3.27. The maximum atomic E-state index is 13.1. The number of aliphatic hydroxyl groups excluding tert-OH is 1. The normalized spacial score (nSPS) is 22.3. The molecule has 1 saturated heterocycles. The van der Waals surface area contributed by atoms with E-state index in [1.54, 1.807) is 0 Å². The van der Waals surface area contributed by atoms with E-state index in [4.69, 9.17) is 0 Å². The third-order valence-electron chi connectivity index (χ3n) is 4.40. The Morgan fingerprint density at radius 2 is 2.05 bits per heavy atom. The monoisotopic (exact) mass is 303 g/mol. The summed E-state index contributed by atoms with van der Waals surface area (Å²) in [5, 5.41) is 14.3. The highest BCUT2D eigenvalue weighted by Crippen LogP contribution is 2.32. The van der Waals surface area contributed by atoms with E-state index in [0.717, 1.165) is 25.1 Å². The van der Waals surface area contributed by atoms with Crippen LogP contribution in [0.3, 0.4) is 0 Å². The number of β-amino-alcohol motifs (C(OH)–C–C–N with tert-alkyl or cyclic N) is 1. The molecular formula is C17H22FN3O. The first-order valence-electron chi connectivity index (χ1n) is 7.85. The van der Waals surface area contributed by atoms with Crippen molar-refractivity contribution in [2.75, 3.05) is 13.1 Å². The Bertz CT molecular complexity index is 611. The van der Waals surface area contributed by atoms with E-state index in [1.165, 1.54) is 17.8 Å². The zero-order valence-corrected chi connectivity index (χ0v) is 12.8. The predicted octanol–water partition coefficient (Wildman–Crippen LogP) is 2.39. The number of halogens is 1. The topological polar surface area (TPSA) is 41.3 Å². The molecule has 0 spiro atoms. The Kier molecular flexibility index (Phi) is 4.55. The quantitative estimate of drug-likeness (QED) is 0.922. The third kappa shape index (κ3) is 3.20. The molecule has 1 aromatic heterocycles. The van der Waals surface area contributed by atoms with E-state index < -0.39 is 0 Å². The predicted molar refractivity (Wildman–Crippen MR) is 82.9 cm³/mol. The van der Waals surface area contributed by atoms with Crippen molar-refractivity contribution >= 4 is 0 Å². The summed E-state index contributed by atoms with van der Waals surface area (Å²) in [6.07, 6.45) is 3.12. The van der Waals surface area contributed by atoms with Crippen molar-refractivity contribution in [1.29, 1.82) is 0 Å². The first-order chi connectivity index (χ1) is 10.7. The highest BCUT2D eigenvalue weighted by atomic mass is 19.1. The minimum absolute atomic E-state index is 0.161. The summed E-state index contributed by atoms with van der Waals surface area (Å²) in [5.74, 6) is -0.222. The van der Waals surface area contributed by atoms with Crippen molar-refractivity contribution in [2.45, 2.75) is 38.5 Å². The Morgan fingerprint density at radius 3 is 2.77 bits per heavy atom. The fourth-order valence-electron chi connectivity index (χ4n) is 3.27. The van der Waals surface area contributed by atoms with Gasteiger partial charge in [0.25, 0.3) is 0 Å². The lowest BCUT2D eigenvalue weighted by molar-refractivity contribution is 0.175. The number of likely N-dealkylation sites (tertiary alicyclic amines) is 1. The molecule has 1 aromatic carbocycles. The zero-order chi connectivity index (χ0) is 15.5. The van der Waals surface area contributed by atoms with Crippen LogP contribution in [-0.4, -0.2) is 39.0 Å². The molecule has 2 heterocycles. The van der Waals surface area contributed by atoms with Gasteiger partial charge in [0.1, 0.15) is 5.82 Å². The number of rotatable bonds is 5. The van der Waals surface area contributed by atoms with Gasteiger partial charge in [-0.2, -0.15) is 5.10 Å². The van der Waals surface area contributed by atoms with Crippen LogP contribution in [0.1, 0.15) is 30.6 Å². The number of hydrogen-bond donors (Lipinski definition) is 1. The summed E-state index contributed by atoms with van der Waals surface area (Å²) in [7, 11) is 0. The van der Waals surface area contributed by atoms with Crippen LogP contribution in [-0.2, 0) is 13.0 Å². The molecule has 5 heteroatoms. The van der Waals surface area contributed by atoms with Crippen LogP contribution >= 0.6 is 0 Å². The van der Waals surface area contributed by atoms with E-state index in [9.17, 15) is 9.50 Å². The first kappa shape index (κ1) is 15.2. The number of nitrogens with zero attached hydrogens (tertiary/aromatic N) is 3. The van der Waals surface area contributed by atoms with Gasteiger partial charge in [-0.05, 0) is 37.1 Å². The number of aliphatic hydroxyl groups is 1. The molecule has 0 amide bonds. The Hall–Kier alpha value is -1.72. The first-order valence-corrected chi connectivity index (χ1v) is 7.85. The lowest BCUT2D eigenvalue weighted by atomic mass is 10.0. The van der Waals surface area contributed by atoms with Crippen LogP contribution in [0.25, 0.3) is 0 Å². The van der Waals surface area contributed by atoms with Crippen LogP contribution in [0, 0.1) is 5.82 Å². The highest BCUT2D eigenvalue weighted by Gasteiger charge is 2.31. The molecule has 2 aromatic rings. The van der Waals surface area contributed by atoms with E-state index in [2.05, 4.69) is 16.9 Å². The summed E-state index contributed by atoms with van der Waals surface area (Å²) < 4.78 is 15.1. The van der Waals surface area contributed by atoms with Crippen molar-refractivity contribution in [3.8, 4) is 0 Å². The lowest BCUT2D eigenvalue weighted by Crippen LogP contribution is -2.27. The van der Waals surface area contributed by atoms with Gasteiger partial charge in [0.2, 0.25) is 0 Å². The van der Waals surface area contributed by atoms with E-state index >= 15 is 0 Å². The molecule has 118 valence electrons. The van der Waals surface area contributed by atoms with Crippen LogP contribution in [0.5, 0.6) is 0 Å². The van der Waals surface area contributed by atoms with E-state index in [0.29, 0.717) is 13.0 Å². The van der Waals surface area contributed by atoms with Crippen molar-refractivity contribution in [3.63, 3.8) is 0 Å². The van der Waals surface area contributed by atoms with Gasteiger partial charge >= 0.3 is 0 Å². The van der Waals surface area contributed by atoms with Crippen molar-refractivity contribution < 1.29 is 9.50 Å². The second-order valence-corrected chi connectivity index (χ2v) is 5.84. The second kappa shape index (κ2) is 6.58. The van der Waals surface area contributed by atoms with Gasteiger partial charge in [-0.3, -0.25) is 9.58 Å². The van der Waals surface area contributed by atoms with Gasteiger partial charge in [0.15, 0.2) is 0 Å². The second-order valence-electron chi connectivity index (χ2n) is 5.84. The molecule has 1 fully saturated rings. The minimum Gasteiger partial charge on any atom is -0.392 e. The van der Waals surface area contributed by atoms with Crippen LogP contribution < -0.4 is 0 Å². The minimum atomic E-state index is -0.314. The zero-order valence-electron chi connectivity index (χ0n) is 12.8. The van der Waals surface area contributed by atoms with Gasteiger partial charge < -0.3 is 5.11 Å². The summed E-state index contributed by atoms with van der Waals surface area (Å²) in [6.45, 7) is 4.48. The van der Waals surface area contributed by atoms with Crippen LogP contribution in [0.4, 0.5) is 4.39 Å². The Balaban J connectivity index is 1.69. The van der Waals surface area contributed by atoms with Crippen molar-refractivity contribution in [2.24, 2.45) is 0 Å². The number of aryl methyl sites for hydroxylation is 1. The molecule has 22 heavy (non-hydrogen) atoms. The largest absolute Gasteiger partial charge is 0.392 e. The fraction of sp³-hybridized carbons (Fsp3) is 0.471. The van der Waals surface area contributed by atoms with Gasteiger partial charge in [0, 0.05) is 44.0 Å². The number of hydrogen-bond acceptors (Lipinski definition) is 3. The molecule has 2 atom stereocenters. The van der Waals surface area contributed by atoms with E-state index in [1.807, 2.05) is 29.1 Å². The number of aromatic nitrogens is 2. The Labute approximate surface area is 130 Å². The molecule has 1 N–H and O–H groups in total. The van der Waals surface area contributed by atoms with E-state index in [-0.39, 0.29) is 18.0 Å². The molecule has 0 radical (unpaired) electrons. The standard InChI is InChI=1S/C17H22FN3O/c1-2-21-15(7-9-19-21)8-10-20-12-16(22)11-17(20)13-3-5-14(18)6-4-13/h3-7,9,16-17,22H,2,8,10-12H2,1H3. The molecule has 0 bridgehead atoms. The third-order valence-corrected chi connectivity index (χ3v) is 4.40. The SMILES string of the molecule is CCn1nccc1CCN1CC(O)CC1c1ccc(F)cc1. The molecule has 3 rings (SSSR count). The molecule has 4 nitrogen and oxygen atoms in total. The van der Waals surface area contributed by atoms with Crippen LogP contribution in [0.2, 0.25) is 0 Å². The molecule has 2 unspecified atom stereocenters.